The van der Waals surface area contributed by atoms with Crippen molar-refractivity contribution in [3.8, 4) is 5.75 Å². The van der Waals surface area contributed by atoms with Crippen LogP contribution in [0, 0.1) is 0 Å². The highest BCUT2D eigenvalue weighted by molar-refractivity contribution is 6.52. The van der Waals surface area contributed by atoms with Crippen molar-refractivity contribution >= 4 is 9.04 Å². The van der Waals surface area contributed by atoms with Crippen LogP contribution in [0.15, 0.2) is 30.3 Å². The van der Waals surface area contributed by atoms with Gasteiger partial charge in [-0.25, -0.2) is 0 Å². The van der Waals surface area contributed by atoms with Crippen LogP contribution in [0.2, 0.25) is 12.1 Å². The first-order valence-electron chi connectivity index (χ1n) is 9.44. The summed E-state index contributed by atoms with van der Waals surface area (Å²) in [5.74, 6) is 1.08. The summed E-state index contributed by atoms with van der Waals surface area (Å²) in [5, 5.41) is 0. The van der Waals surface area contributed by atoms with Gasteiger partial charge in [0.25, 0.3) is 9.04 Å². The van der Waals surface area contributed by atoms with Gasteiger partial charge < -0.3 is 4.43 Å². The molecule has 0 aliphatic carbocycles. The number of hydrogen-bond donors (Lipinski definition) is 0. The second-order valence-corrected chi connectivity index (χ2v) is 8.56. The highest BCUT2D eigenvalue weighted by Gasteiger charge is 2.14. The minimum Gasteiger partial charge on any atom is -0.542 e. The number of unbranched alkanes of at least 4 members (excludes halogenated alkanes) is 8. The van der Waals surface area contributed by atoms with Gasteiger partial charge in [-0.2, -0.15) is 0 Å². The first kappa shape index (κ1) is 19.3. The van der Waals surface area contributed by atoms with E-state index in [2.05, 4.69) is 44.2 Å². The summed E-state index contributed by atoms with van der Waals surface area (Å²) in [5.41, 5.74) is 0. The molecular weight excluding hydrogens is 284 g/mol. The zero-order valence-electron chi connectivity index (χ0n) is 14.8. The number of para-hydroxylation sites is 1. The molecule has 0 aliphatic heterocycles. The standard InChI is InChI=1S/C20H35OSi/c1-3-5-7-9-14-18-22(19-15-10-8-6-4-2)21-20-16-12-11-13-17-20/h11-13,16-17H,3-10,14-15,18-19H2,1-2H3. The van der Waals surface area contributed by atoms with Gasteiger partial charge in [-0.05, 0) is 24.2 Å². The molecule has 0 heterocycles. The van der Waals surface area contributed by atoms with E-state index in [4.69, 9.17) is 4.43 Å². The number of hydrogen-bond acceptors (Lipinski definition) is 1. The molecule has 2 heteroatoms. The normalized spacial score (nSPS) is 11.0. The maximum atomic E-state index is 6.33. The summed E-state index contributed by atoms with van der Waals surface area (Å²) in [4.78, 5) is 0. The Labute approximate surface area is 140 Å². The van der Waals surface area contributed by atoms with E-state index in [-0.39, 0.29) is 0 Å². The molecule has 0 saturated carbocycles. The van der Waals surface area contributed by atoms with Gasteiger partial charge in [0.2, 0.25) is 0 Å². The molecule has 1 aromatic rings. The minimum absolute atomic E-state index is 0.671. The van der Waals surface area contributed by atoms with Gasteiger partial charge in [0.15, 0.2) is 0 Å². The predicted octanol–water partition coefficient (Wildman–Crippen LogP) is 7.00. The molecule has 1 rings (SSSR count). The van der Waals surface area contributed by atoms with Crippen LogP contribution in [-0.4, -0.2) is 9.04 Å². The molecule has 0 fully saturated rings. The van der Waals surface area contributed by atoms with E-state index in [1.54, 1.807) is 0 Å². The van der Waals surface area contributed by atoms with E-state index >= 15 is 0 Å². The summed E-state index contributed by atoms with van der Waals surface area (Å²) in [7, 11) is -0.671. The molecule has 0 N–H and O–H groups in total. The molecule has 0 aromatic heterocycles. The second kappa shape index (κ2) is 13.9. The zero-order valence-corrected chi connectivity index (χ0v) is 15.8. The first-order chi connectivity index (χ1) is 10.9. The molecule has 22 heavy (non-hydrogen) atoms. The molecule has 0 saturated heterocycles. The molecule has 0 aliphatic rings. The molecule has 0 spiro atoms. The van der Waals surface area contributed by atoms with Crippen LogP contribution in [0.4, 0.5) is 0 Å². The average Bonchev–Trinajstić information content (AvgIpc) is 2.55. The molecule has 0 atom stereocenters. The van der Waals surface area contributed by atoms with Gasteiger partial charge in [0.1, 0.15) is 5.75 Å². The van der Waals surface area contributed by atoms with Crippen LogP contribution in [-0.2, 0) is 0 Å². The van der Waals surface area contributed by atoms with Gasteiger partial charge in [-0.15, -0.1) is 0 Å². The van der Waals surface area contributed by atoms with Gasteiger partial charge in [0, 0.05) is 0 Å². The predicted molar refractivity (Wildman–Crippen MR) is 100.0 cm³/mol. The van der Waals surface area contributed by atoms with E-state index in [0.717, 1.165) is 5.75 Å². The topological polar surface area (TPSA) is 9.23 Å². The first-order valence-corrected chi connectivity index (χ1v) is 11.3. The van der Waals surface area contributed by atoms with Crippen molar-refractivity contribution < 1.29 is 4.43 Å². The fraction of sp³-hybridized carbons (Fsp3) is 0.700. The van der Waals surface area contributed by atoms with E-state index in [1.807, 2.05) is 0 Å². The third-order valence-electron chi connectivity index (χ3n) is 4.12. The fourth-order valence-corrected chi connectivity index (χ4v) is 4.95. The van der Waals surface area contributed by atoms with Gasteiger partial charge in [-0.1, -0.05) is 96.3 Å². The number of benzene rings is 1. The molecule has 0 unspecified atom stereocenters. The van der Waals surface area contributed by atoms with Crippen LogP contribution < -0.4 is 4.43 Å². The molecule has 0 bridgehead atoms. The summed E-state index contributed by atoms with van der Waals surface area (Å²) < 4.78 is 6.33. The van der Waals surface area contributed by atoms with Crippen LogP contribution in [0.25, 0.3) is 0 Å². The maximum absolute atomic E-state index is 6.33. The van der Waals surface area contributed by atoms with Crippen LogP contribution in [0.5, 0.6) is 5.75 Å². The van der Waals surface area contributed by atoms with E-state index < -0.39 is 9.04 Å². The summed E-state index contributed by atoms with van der Waals surface area (Å²) in [6.45, 7) is 4.56. The molecule has 0 amide bonds. The third kappa shape index (κ3) is 10.0. The molecule has 1 aromatic carbocycles. The summed E-state index contributed by atoms with van der Waals surface area (Å²) >= 11 is 0. The van der Waals surface area contributed by atoms with E-state index in [0.29, 0.717) is 0 Å². The Morgan fingerprint density at radius 2 is 1.18 bits per heavy atom. The SMILES string of the molecule is CCCCCCC[Si](CCCCCCC)Oc1ccccc1. The van der Waals surface area contributed by atoms with Crippen LogP contribution in [0.3, 0.4) is 0 Å². The Morgan fingerprint density at radius 3 is 1.68 bits per heavy atom. The van der Waals surface area contributed by atoms with E-state index in [1.165, 1.54) is 76.3 Å². The quantitative estimate of drug-likeness (QED) is 0.265. The van der Waals surface area contributed by atoms with Crippen molar-refractivity contribution in [2.45, 2.75) is 90.1 Å². The number of rotatable bonds is 14. The highest BCUT2D eigenvalue weighted by atomic mass is 28.3. The Bertz CT molecular complexity index is 325. The fourth-order valence-electron chi connectivity index (χ4n) is 2.73. The summed E-state index contributed by atoms with van der Waals surface area (Å²) in [6.07, 6.45) is 13.7. The lowest BCUT2D eigenvalue weighted by Gasteiger charge is -2.17. The lowest BCUT2D eigenvalue weighted by Crippen LogP contribution is -2.21. The van der Waals surface area contributed by atoms with Crippen molar-refractivity contribution in [2.75, 3.05) is 0 Å². The average molecular weight is 320 g/mol. The van der Waals surface area contributed by atoms with E-state index in [9.17, 15) is 0 Å². The summed E-state index contributed by atoms with van der Waals surface area (Å²) in [6, 6.07) is 13.1. The van der Waals surface area contributed by atoms with Gasteiger partial charge in [-0.3, -0.25) is 0 Å². The van der Waals surface area contributed by atoms with Crippen LogP contribution >= 0.6 is 0 Å². The Morgan fingerprint density at radius 1 is 0.682 bits per heavy atom. The lowest BCUT2D eigenvalue weighted by atomic mass is 10.2. The van der Waals surface area contributed by atoms with Crippen LogP contribution in [0.1, 0.15) is 78.1 Å². The molecular formula is C20H35OSi. The van der Waals surface area contributed by atoms with Crippen molar-refractivity contribution in [1.29, 1.82) is 0 Å². The molecule has 125 valence electrons. The third-order valence-corrected chi connectivity index (χ3v) is 6.47. The molecule has 1 radical (unpaired) electrons. The largest absolute Gasteiger partial charge is 0.542 e. The Hall–Kier alpha value is -0.763. The minimum atomic E-state index is -0.671. The van der Waals surface area contributed by atoms with Crippen molar-refractivity contribution in [1.82, 2.24) is 0 Å². The monoisotopic (exact) mass is 319 g/mol. The molecule has 1 nitrogen and oxygen atoms in total. The van der Waals surface area contributed by atoms with Gasteiger partial charge >= 0.3 is 0 Å². The second-order valence-electron chi connectivity index (χ2n) is 6.28. The Balaban J connectivity index is 2.29. The highest BCUT2D eigenvalue weighted by Crippen LogP contribution is 2.18. The van der Waals surface area contributed by atoms with Crippen molar-refractivity contribution in [3.05, 3.63) is 30.3 Å². The maximum Gasteiger partial charge on any atom is 0.280 e. The van der Waals surface area contributed by atoms with Crippen molar-refractivity contribution in [3.63, 3.8) is 0 Å². The Kier molecular flexibility index (Phi) is 12.2. The lowest BCUT2D eigenvalue weighted by molar-refractivity contribution is 0.542. The van der Waals surface area contributed by atoms with Gasteiger partial charge in [0.05, 0.1) is 0 Å². The zero-order chi connectivity index (χ0) is 15.9. The smallest absolute Gasteiger partial charge is 0.280 e. The van der Waals surface area contributed by atoms with Crippen molar-refractivity contribution in [2.24, 2.45) is 0 Å².